The Morgan fingerprint density at radius 1 is 1.48 bits per heavy atom. The molecule has 1 saturated heterocycles. The van der Waals surface area contributed by atoms with Crippen molar-refractivity contribution in [2.24, 2.45) is 12.0 Å². The maximum atomic E-state index is 12.1. The van der Waals surface area contributed by atoms with Crippen molar-refractivity contribution in [3.05, 3.63) is 35.5 Å². The zero-order valence-corrected chi connectivity index (χ0v) is 17.0. The van der Waals surface area contributed by atoms with Crippen LogP contribution in [-0.4, -0.2) is 68.9 Å². The van der Waals surface area contributed by atoms with E-state index in [1.165, 1.54) is 11.3 Å². The number of ether oxygens (including phenoxy) is 1. The Kier molecular flexibility index (Phi) is 6.47. The van der Waals surface area contributed by atoms with E-state index in [4.69, 9.17) is 4.74 Å². The van der Waals surface area contributed by atoms with E-state index in [2.05, 4.69) is 25.0 Å². The molecule has 3 rings (SSSR count). The van der Waals surface area contributed by atoms with Gasteiger partial charge in [0.2, 0.25) is 10.0 Å². The first-order valence-electron chi connectivity index (χ1n) is 8.58. The fraction of sp³-hybridized carbons (Fsp3) is 0.500. The molecule has 2 aromatic rings. The molecule has 27 heavy (non-hydrogen) atoms. The van der Waals surface area contributed by atoms with Gasteiger partial charge in [0, 0.05) is 45.5 Å². The quantitative estimate of drug-likeness (QED) is 0.405. The number of rotatable bonds is 6. The standard InChI is InChI=1S/C16H24N6O3S2/c1-17-16(18-5-6-20-27(23,24)15-4-3-9-26-15)22-7-8-25-14(12-22)13-10-19-21(2)11-13/h3-4,9-11,14,20H,5-8,12H2,1-2H3,(H,17,18). The van der Waals surface area contributed by atoms with Crippen LogP contribution in [0.5, 0.6) is 0 Å². The molecule has 0 amide bonds. The second-order valence-electron chi connectivity index (χ2n) is 6.06. The number of nitrogens with one attached hydrogen (secondary N) is 2. The van der Waals surface area contributed by atoms with Crippen molar-refractivity contribution in [1.29, 1.82) is 0 Å². The monoisotopic (exact) mass is 412 g/mol. The van der Waals surface area contributed by atoms with Gasteiger partial charge >= 0.3 is 0 Å². The molecule has 0 radical (unpaired) electrons. The van der Waals surface area contributed by atoms with Crippen LogP contribution in [0, 0.1) is 0 Å². The average molecular weight is 413 g/mol. The largest absolute Gasteiger partial charge is 0.370 e. The number of guanidine groups is 1. The molecule has 0 aromatic carbocycles. The summed E-state index contributed by atoms with van der Waals surface area (Å²) in [6, 6.07) is 3.31. The summed E-state index contributed by atoms with van der Waals surface area (Å²) in [7, 11) is 0.149. The van der Waals surface area contributed by atoms with Crippen molar-refractivity contribution in [3.8, 4) is 0 Å². The smallest absolute Gasteiger partial charge is 0.250 e. The number of aliphatic imine (C=N–C) groups is 1. The first-order chi connectivity index (χ1) is 13.0. The predicted molar refractivity (Wildman–Crippen MR) is 104 cm³/mol. The molecule has 1 aliphatic heterocycles. The van der Waals surface area contributed by atoms with Crippen LogP contribution in [0.3, 0.4) is 0 Å². The van der Waals surface area contributed by atoms with Crippen molar-refractivity contribution in [1.82, 2.24) is 24.7 Å². The first-order valence-corrected chi connectivity index (χ1v) is 10.9. The van der Waals surface area contributed by atoms with Crippen LogP contribution in [0.1, 0.15) is 11.7 Å². The van der Waals surface area contributed by atoms with Crippen LogP contribution in [0.15, 0.2) is 39.1 Å². The van der Waals surface area contributed by atoms with Gasteiger partial charge in [0.1, 0.15) is 10.3 Å². The molecular formula is C16H24N6O3S2. The number of morpholine rings is 1. The summed E-state index contributed by atoms with van der Waals surface area (Å²) in [4.78, 5) is 6.41. The third-order valence-corrected chi connectivity index (χ3v) is 6.99. The molecule has 0 saturated carbocycles. The van der Waals surface area contributed by atoms with Gasteiger partial charge in [-0.1, -0.05) is 6.07 Å². The minimum Gasteiger partial charge on any atom is -0.370 e. The molecule has 0 bridgehead atoms. The number of sulfonamides is 1. The van der Waals surface area contributed by atoms with Crippen LogP contribution in [0.4, 0.5) is 0 Å². The number of hydrogen-bond acceptors (Lipinski definition) is 6. The van der Waals surface area contributed by atoms with Gasteiger partial charge in [0.25, 0.3) is 0 Å². The normalized spacial score (nSPS) is 18.7. The third kappa shape index (κ3) is 5.06. The Morgan fingerprint density at radius 3 is 3.00 bits per heavy atom. The van der Waals surface area contributed by atoms with E-state index in [-0.39, 0.29) is 12.6 Å². The molecule has 0 spiro atoms. The van der Waals surface area contributed by atoms with Crippen LogP contribution in [-0.2, 0) is 21.8 Å². The highest BCUT2D eigenvalue weighted by molar-refractivity contribution is 7.91. The fourth-order valence-electron chi connectivity index (χ4n) is 2.83. The number of aromatic nitrogens is 2. The maximum absolute atomic E-state index is 12.1. The number of hydrogen-bond donors (Lipinski definition) is 2. The molecule has 1 atom stereocenters. The van der Waals surface area contributed by atoms with E-state index < -0.39 is 10.0 Å². The van der Waals surface area contributed by atoms with Crippen molar-refractivity contribution in [2.75, 3.05) is 39.8 Å². The molecule has 1 fully saturated rings. The zero-order chi connectivity index (χ0) is 19.3. The van der Waals surface area contributed by atoms with Gasteiger partial charge in [0.05, 0.1) is 19.3 Å². The van der Waals surface area contributed by atoms with Crippen LogP contribution >= 0.6 is 11.3 Å². The molecular weight excluding hydrogens is 388 g/mol. The Bertz CT molecular complexity index is 863. The summed E-state index contributed by atoms with van der Waals surface area (Å²) >= 11 is 1.20. The predicted octanol–water partition coefficient (Wildman–Crippen LogP) is 0.409. The van der Waals surface area contributed by atoms with Crippen molar-refractivity contribution < 1.29 is 13.2 Å². The van der Waals surface area contributed by atoms with Crippen molar-refractivity contribution >= 4 is 27.3 Å². The number of aryl methyl sites for hydroxylation is 1. The summed E-state index contributed by atoms with van der Waals surface area (Å²) in [6.45, 7) is 2.68. The Morgan fingerprint density at radius 2 is 2.33 bits per heavy atom. The Balaban J connectivity index is 1.50. The lowest BCUT2D eigenvalue weighted by atomic mass is 10.1. The van der Waals surface area contributed by atoms with Gasteiger partial charge in [0.15, 0.2) is 5.96 Å². The van der Waals surface area contributed by atoms with Crippen LogP contribution in [0.25, 0.3) is 0 Å². The topological polar surface area (TPSA) is 101 Å². The summed E-state index contributed by atoms with van der Waals surface area (Å²) in [5, 5.41) is 9.15. The van der Waals surface area contributed by atoms with E-state index in [1.54, 1.807) is 29.2 Å². The second-order valence-corrected chi connectivity index (χ2v) is 9.00. The number of thiophene rings is 1. The van der Waals surface area contributed by atoms with Crippen LogP contribution in [0.2, 0.25) is 0 Å². The van der Waals surface area contributed by atoms with Gasteiger partial charge in [-0.05, 0) is 11.4 Å². The summed E-state index contributed by atoms with van der Waals surface area (Å²) < 4.78 is 34.7. The van der Waals surface area contributed by atoms with Crippen molar-refractivity contribution in [3.63, 3.8) is 0 Å². The van der Waals surface area contributed by atoms with E-state index >= 15 is 0 Å². The van der Waals surface area contributed by atoms with Gasteiger partial charge < -0.3 is 15.0 Å². The maximum Gasteiger partial charge on any atom is 0.250 e. The highest BCUT2D eigenvalue weighted by Crippen LogP contribution is 2.21. The van der Waals surface area contributed by atoms with Gasteiger partial charge in [-0.25, -0.2) is 13.1 Å². The highest BCUT2D eigenvalue weighted by atomic mass is 32.2. The SMILES string of the molecule is CN=C(NCCNS(=O)(=O)c1cccs1)N1CCOC(c2cnn(C)c2)C1. The Hall–Kier alpha value is -1.95. The summed E-state index contributed by atoms with van der Waals surface area (Å²) in [6.07, 6.45) is 3.69. The third-order valence-electron chi connectivity index (χ3n) is 4.13. The minimum atomic E-state index is -3.44. The lowest BCUT2D eigenvalue weighted by Gasteiger charge is -2.34. The van der Waals surface area contributed by atoms with E-state index in [0.717, 1.165) is 18.1 Å². The lowest BCUT2D eigenvalue weighted by molar-refractivity contribution is -0.00800. The molecule has 1 unspecified atom stereocenters. The van der Waals surface area contributed by atoms with Crippen molar-refractivity contribution in [2.45, 2.75) is 10.3 Å². The molecule has 2 N–H and O–H groups in total. The van der Waals surface area contributed by atoms with E-state index in [1.807, 2.05) is 19.4 Å². The Labute approximate surface area is 163 Å². The fourth-order valence-corrected chi connectivity index (χ4v) is 4.90. The van der Waals surface area contributed by atoms with Crippen LogP contribution < -0.4 is 10.0 Å². The molecule has 2 aromatic heterocycles. The lowest BCUT2D eigenvalue weighted by Crippen LogP contribution is -2.49. The first kappa shape index (κ1) is 19.8. The zero-order valence-electron chi connectivity index (χ0n) is 15.3. The average Bonchev–Trinajstić information content (AvgIpc) is 3.34. The molecule has 9 nitrogen and oxygen atoms in total. The van der Waals surface area contributed by atoms with Gasteiger partial charge in [-0.15, -0.1) is 11.3 Å². The summed E-state index contributed by atoms with van der Waals surface area (Å²) in [5.41, 5.74) is 1.03. The van der Waals surface area contributed by atoms with Gasteiger partial charge in [-0.3, -0.25) is 9.67 Å². The molecule has 148 valence electrons. The second kappa shape index (κ2) is 8.83. The molecule has 3 heterocycles. The minimum absolute atomic E-state index is 0.0664. The molecule has 11 heteroatoms. The highest BCUT2D eigenvalue weighted by Gasteiger charge is 2.25. The summed E-state index contributed by atoms with van der Waals surface area (Å²) in [5.74, 6) is 0.725. The molecule has 1 aliphatic rings. The molecule has 0 aliphatic carbocycles. The van der Waals surface area contributed by atoms with Gasteiger partial charge in [-0.2, -0.15) is 5.10 Å². The van der Waals surface area contributed by atoms with E-state index in [9.17, 15) is 8.42 Å². The van der Waals surface area contributed by atoms with E-state index in [0.29, 0.717) is 23.9 Å². The number of nitrogens with zero attached hydrogens (tertiary/aromatic N) is 4.